The molecule has 1 fully saturated rings. The molecule has 0 spiro atoms. The van der Waals surface area contributed by atoms with Crippen LogP contribution in [0.15, 0.2) is 24.3 Å². The largest absolute Gasteiger partial charge is 0.377 e. The van der Waals surface area contributed by atoms with E-state index < -0.39 is 0 Å². The van der Waals surface area contributed by atoms with Gasteiger partial charge in [-0.3, -0.25) is 4.90 Å². The fourth-order valence-corrected chi connectivity index (χ4v) is 3.52. The van der Waals surface area contributed by atoms with Crippen molar-refractivity contribution in [2.45, 2.75) is 44.4 Å². The fourth-order valence-electron chi connectivity index (χ4n) is 3.52. The Labute approximate surface area is 115 Å². The van der Waals surface area contributed by atoms with Gasteiger partial charge >= 0.3 is 0 Å². The molecule has 0 bridgehead atoms. The number of nitrogens with two attached hydrogens (primary N) is 1. The van der Waals surface area contributed by atoms with Crippen LogP contribution in [-0.2, 0) is 4.74 Å². The van der Waals surface area contributed by atoms with E-state index in [9.17, 15) is 0 Å². The highest BCUT2D eigenvalue weighted by molar-refractivity contribution is 5.37. The summed E-state index contributed by atoms with van der Waals surface area (Å²) >= 11 is 0. The van der Waals surface area contributed by atoms with E-state index in [1.165, 1.54) is 24.0 Å². The third-order valence-corrected chi connectivity index (χ3v) is 4.54. The predicted octanol–water partition coefficient (Wildman–Crippen LogP) is 2.63. The Hall–Kier alpha value is -0.900. The predicted molar refractivity (Wildman–Crippen MR) is 76.9 cm³/mol. The first kappa shape index (κ1) is 13.1. The zero-order valence-corrected chi connectivity index (χ0v) is 11.7. The number of rotatable bonds is 4. The number of nitrogens with zero attached hydrogens (tertiary/aromatic N) is 1. The van der Waals surface area contributed by atoms with E-state index >= 15 is 0 Å². The summed E-state index contributed by atoms with van der Waals surface area (Å²) in [6.07, 6.45) is 3.88. The lowest BCUT2D eigenvalue weighted by Crippen LogP contribution is -2.34. The van der Waals surface area contributed by atoms with Crippen molar-refractivity contribution in [1.82, 2.24) is 4.90 Å². The fraction of sp³-hybridized carbons (Fsp3) is 0.625. The van der Waals surface area contributed by atoms with Crippen molar-refractivity contribution in [3.8, 4) is 0 Å². The van der Waals surface area contributed by atoms with Gasteiger partial charge in [0.05, 0.1) is 6.10 Å². The minimum Gasteiger partial charge on any atom is -0.377 e. The summed E-state index contributed by atoms with van der Waals surface area (Å²) in [6.45, 7) is 5.28. The molecule has 0 aromatic heterocycles. The summed E-state index contributed by atoms with van der Waals surface area (Å²) in [6, 6.07) is 9.31. The molecule has 3 heteroatoms. The van der Waals surface area contributed by atoms with Crippen LogP contribution < -0.4 is 5.73 Å². The summed E-state index contributed by atoms with van der Waals surface area (Å²) in [4.78, 5) is 2.54. The smallest absolute Gasteiger partial charge is 0.0703 e. The Morgan fingerprint density at radius 2 is 2.11 bits per heavy atom. The van der Waals surface area contributed by atoms with Crippen LogP contribution in [0.2, 0.25) is 0 Å². The first-order valence-electron chi connectivity index (χ1n) is 7.49. The maximum absolute atomic E-state index is 6.28. The second kappa shape index (κ2) is 5.61. The van der Waals surface area contributed by atoms with Gasteiger partial charge in [0.2, 0.25) is 0 Å². The van der Waals surface area contributed by atoms with Crippen LogP contribution in [-0.4, -0.2) is 30.7 Å². The van der Waals surface area contributed by atoms with Crippen molar-refractivity contribution < 1.29 is 4.74 Å². The lowest BCUT2D eigenvalue weighted by Gasteiger charge is -2.30. The molecule has 0 radical (unpaired) electrons. The number of benzene rings is 1. The maximum atomic E-state index is 6.28. The molecule has 3 unspecified atom stereocenters. The quantitative estimate of drug-likeness (QED) is 0.904. The van der Waals surface area contributed by atoms with Crippen LogP contribution in [0, 0.1) is 0 Å². The van der Waals surface area contributed by atoms with Gasteiger partial charge in [-0.25, -0.2) is 0 Å². The summed E-state index contributed by atoms with van der Waals surface area (Å²) < 4.78 is 5.79. The van der Waals surface area contributed by atoms with Crippen molar-refractivity contribution in [3.63, 3.8) is 0 Å². The highest BCUT2D eigenvalue weighted by atomic mass is 16.5. The molecule has 1 saturated heterocycles. The summed E-state index contributed by atoms with van der Waals surface area (Å²) in [7, 11) is 0. The highest BCUT2D eigenvalue weighted by Gasteiger charge is 2.33. The number of likely N-dealkylation sites (N-methyl/N-ethyl adjacent to an activating group) is 1. The summed E-state index contributed by atoms with van der Waals surface area (Å²) in [5, 5.41) is 0. The molecule has 1 heterocycles. The molecule has 1 aliphatic carbocycles. The average Bonchev–Trinajstić information content (AvgIpc) is 3.05. The van der Waals surface area contributed by atoms with Crippen LogP contribution in [0.5, 0.6) is 0 Å². The Bertz CT molecular complexity index is 429. The molecule has 1 aromatic carbocycles. The van der Waals surface area contributed by atoms with Crippen LogP contribution in [0.1, 0.15) is 49.4 Å². The Morgan fingerprint density at radius 3 is 2.79 bits per heavy atom. The molecule has 0 amide bonds. The van der Waals surface area contributed by atoms with Crippen LogP contribution in [0.3, 0.4) is 0 Å². The summed E-state index contributed by atoms with van der Waals surface area (Å²) in [5.74, 6) is 0. The van der Waals surface area contributed by atoms with Gasteiger partial charge in [0.1, 0.15) is 0 Å². The topological polar surface area (TPSA) is 38.5 Å². The van der Waals surface area contributed by atoms with E-state index in [0.29, 0.717) is 12.1 Å². The highest BCUT2D eigenvalue weighted by Crippen LogP contribution is 2.41. The maximum Gasteiger partial charge on any atom is 0.0703 e. The molecular weight excluding hydrogens is 236 g/mol. The molecular formula is C16H24N2O. The molecule has 2 aliphatic rings. The van der Waals surface area contributed by atoms with Gasteiger partial charge in [0, 0.05) is 25.2 Å². The van der Waals surface area contributed by atoms with Crippen molar-refractivity contribution in [2.24, 2.45) is 5.73 Å². The number of hydrogen-bond acceptors (Lipinski definition) is 3. The summed E-state index contributed by atoms with van der Waals surface area (Å²) in [5.41, 5.74) is 9.04. The Morgan fingerprint density at radius 1 is 1.32 bits per heavy atom. The van der Waals surface area contributed by atoms with E-state index in [4.69, 9.17) is 10.5 Å². The van der Waals surface area contributed by atoms with Gasteiger partial charge in [0.15, 0.2) is 0 Å². The minimum atomic E-state index is 0.194. The van der Waals surface area contributed by atoms with Gasteiger partial charge in [-0.2, -0.15) is 0 Å². The Balaban J connectivity index is 1.77. The molecule has 1 aromatic rings. The van der Waals surface area contributed by atoms with Gasteiger partial charge < -0.3 is 10.5 Å². The Kier molecular flexibility index (Phi) is 3.87. The zero-order valence-electron chi connectivity index (χ0n) is 11.7. The number of ether oxygens (including phenoxy) is 1. The monoisotopic (exact) mass is 260 g/mol. The second-order valence-corrected chi connectivity index (χ2v) is 5.71. The first-order chi connectivity index (χ1) is 9.29. The van der Waals surface area contributed by atoms with E-state index in [0.717, 1.165) is 26.1 Å². The van der Waals surface area contributed by atoms with Crippen molar-refractivity contribution in [3.05, 3.63) is 35.4 Å². The standard InChI is InChI=1S/C16H24N2O/c1-2-18(11-12-6-5-9-19-12)16-10-15(17)13-7-3-4-8-14(13)16/h3-4,7-8,12,15-16H,2,5-6,9-11,17H2,1H3. The lowest BCUT2D eigenvalue weighted by atomic mass is 10.1. The molecule has 2 N–H and O–H groups in total. The van der Waals surface area contributed by atoms with Crippen LogP contribution in [0.25, 0.3) is 0 Å². The average molecular weight is 260 g/mol. The normalized spacial score (nSPS) is 29.9. The second-order valence-electron chi connectivity index (χ2n) is 5.71. The number of hydrogen-bond donors (Lipinski definition) is 1. The number of fused-ring (bicyclic) bond motifs is 1. The first-order valence-corrected chi connectivity index (χ1v) is 7.49. The van der Waals surface area contributed by atoms with Crippen LogP contribution >= 0.6 is 0 Å². The van der Waals surface area contributed by atoms with Crippen molar-refractivity contribution in [2.75, 3.05) is 19.7 Å². The minimum absolute atomic E-state index is 0.194. The van der Waals surface area contributed by atoms with Crippen molar-refractivity contribution >= 4 is 0 Å². The van der Waals surface area contributed by atoms with E-state index in [1.807, 2.05) is 0 Å². The van der Waals surface area contributed by atoms with Gasteiger partial charge in [-0.15, -0.1) is 0 Å². The molecule has 1 aliphatic heterocycles. The molecule has 0 saturated carbocycles. The molecule has 3 atom stereocenters. The lowest BCUT2D eigenvalue weighted by molar-refractivity contribution is 0.0581. The SMILES string of the molecule is CCN(CC1CCCO1)C1CC(N)c2ccccc21. The zero-order chi connectivity index (χ0) is 13.2. The molecule has 3 rings (SSSR count). The van der Waals surface area contributed by atoms with Crippen molar-refractivity contribution in [1.29, 1.82) is 0 Å². The van der Waals surface area contributed by atoms with Gasteiger partial charge in [-0.05, 0) is 36.9 Å². The van der Waals surface area contributed by atoms with Gasteiger partial charge in [0.25, 0.3) is 0 Å². The van der Waals surface area contributed by atoms with E-state index in [2.05, 4.69) is 36.1 Å². The third kappa shape index (κ3) is 2.55. The molecule has 19 heavy (non-hydrogen) atoms. The third-order valence-electron chi connectivity index (χ3n) is 4.54. The van der Waals surface area contributed by atoms with E-state index in [1.54, 1.807) is 0 Å². The van der Waals surface area contributed by atoms with Crippen LogP contribution in [0.4, 0.5) is 0 Å². The van der Waals surface area contributed by atoms with Gasteiger partial charge in [-0.1, -0.05) is 31.2 Å². The molecule has 3 nitrogen and oxygen atoms in total. The molecule has 104 valence electrons. The van der Waals surface area contributed by atoms with E-state index in [-0.39, 0.29) is 6.04 Å².